The lowest BCUT2D eigenvalue weighted by Crippen LogP contribution is -1.95. The summed E-state index contributed by atoms with van der Waals surface area (Å²) in [5.74, 6) is -0.762. The zero-order valence-electron chi connectivity index (χ0n) is 13.6. The van der Waals surface area contributed by atoms with E-state index in [-0.39, 0.29) is 6.42 Å². The first-order valence-corrected chi connectivity index (χ1v) is 8.46. The molecule has 3 nitrogen and oxygen atoms in total. The first-order valence-electron chi connectivity index (χ1n) is 8.46. The number of aliphatic carboxylic acids is 1. The summed E-state index contributed by atoms with van der Waals surface area (Å²) in [5, 5.41) is 8.45. The number of carboxylic acids is 1. The summed E-state index contributed by atoms with van der Waals surface area (Å²) in [5.41, 5.74) is 2.98. The van der Waals surface area contributed by atoms with Gasteiger partial charge in [0.15, 0.2) is 0 Å². The molecule has 3 heteroatoms. The van der Waals surface area contributed by atoms with Crippen molar-refractivity contribution in [3.8, 4) is 0 Å². The third kappa shape index (κ3) is 18.9. The summed E-state index contributed by atoms with van der Waals surface area (Å²) in [4.78, 5) is 10.3. The minimum Gasteiger partial charge on any atom is -0.481 e. The number of carbonyl (C=O) groups is 1. The van der Waals surface area contributed by atoms with Crippen LogP contribution < -0.4 is 0 Å². The van der Waals surface area contributed by atoms with Crippen LogP contribution in [0, 0.1) is 0 Å². The van der Waals surface area contributed by atoms with Crippen molar-refractivity contribution in [3.63, 3.8) is 0 Å². The summed E-state index contributed by atoms with van der Waals surface area (Å²) in [6.07, 6.45) is 15.8. The van der Waals surface area contributed by atoms with Gasteiger partial charge in [0, 0.05) is 13.0 Å². The molecule has 0 unspecified atom stereocenters. The van der Waals surface area contributed by atoms with Crippen molar-refractivity contribution in [3.05, 3.63) is 17.9 Å². The molecular formula is C18H32O3. The van der Waals surface area contributed by atoms with Crippen LogP contribution in [0.3, 0.4) is 0 Å². The van der Waals surface area contributed by atoms with E-state index >= 15 is 0 Å². The van der Waals surface area contributed by atoms with Gasteiger partial charge in [-0.25, -0.2) is 0 Å². The normalized spacial score (nSPS) is 10.1. The Morgan fingerprint density at radius 1 is 0.952 bits per heavy atom. The van der Waals surface area contributed by atoms with Gasteiger partial charge in [0.05, 0.1) is 6.61 Å². The Kier molecular flexibility index (Phi) is 16.2. The highest BCUT2D eigenvalue weighted by molar-refractivity contribution is 5.66. The van der Waals surface area contributed by atoms with E-state index in [9.17, 15) is 4.79 Å². The van der Waals surface area contributed by atoms with Gasteiger partial charge in [-0.3, -0.25) is 4.79 Å². The SMILES string of the molecule is CCCCCCCCCCOCCC=C=CCCC(=O)O. The number of ether oxygens (including phenoxy) is 1. The van der Waals surface area contributed by atoms with Crippen molar-refractivity contribution in [1.29, 1.82) is 0 Å². The minimum absolute atomic E-state index is 0.176. The lowest BCUT2D eigenvalue weighted by atomic mass is 10.1. The van der Waals surface area contributed by atoms with Crippen molar-refractivity contribution in [2.75, 3.05) is 13.2 Å². The largest absolute Gasteiger partial charge is 0.481 e. The Balaban J connectivity index is 3.15. The van der Waals surface area contributed by atoms with Crippen LogP contribution in [0.15, 0.2) is 17.9 Å². The van der Waals surface area contributed by atoms with Gasteiger partial charge in [-0.05, 0) is 31.4 Å². The van der Waals surface area contributed by atoms with Crippen LogP contribution in [0.4, 0.5) is 0 Å². The summed E-state index contributed by atoms with van der Waals surface area (Å²) in [6, 6.07) is 0. The fourth-order valence-electron chi connectivity index (χ4n) is 2.03. The highest BCUT2D eigenvalue weighted by Gasteiger charge is 1.92. The van der Waals surface area contributed by atoms with Crippen molar-refractivity contribution < 1.29 is 14.6 Å². The predicted molar refractivity (Wildman–Crippen MR) is 87.6 cm³/mol. The fourth-order valence-corrected chi connectivity index (χ4v) is 2.03. The summed E-state index contributed by atoms with van der Waals surface area (Å²) < 4.78 is 5.54. The lowest BCUT2D eigenvalue weighted by molar-refractivity contribution is -0.136. The molecule has 21 heavy (non-hydrogen) atoms. The smallest absolute Gasteiger partial charge is 0.303 e. The maximum Gasteiger partial charge on any atom is 0.303 e. The van der Waals surface area contributed by atoms with Gasteiger partial charge in [0.1, 0.15) is 0 Å². The average molecular weight is 296 g/mol. The van der Waals surface area contributed by atoms with E-state index in [2.05, 4.69) is 12.7 Å². The second kappa shape index (κ2) is 17.0. The third-order valence-corrected chi connectivity index (χ3v) is 3.29. The van der Waals surface area contributed by atoms with Crippen LogP contribution in [0.5, 0.6) is 0 Å². The molecule has 0 saturated carbocycles. The third-order valence-electron chi connectivity index (χ3n) is 3.29. The highest BCUT2D eigenvalue weighted by Crippen LogP contribution is 2.08. The van der Waals surface area contributed by atoms with Crippen molar-refractivity contribution in [1.82, 2.24) is 0 Å². The minimum atomic E-state index is -0.762. The standard InChI is InChI=1S/C18H32O3/c1-2-3-4-5-6-7-10-13-16-21-17-14-11-8-9-12-15-18(19)20/h9,11H,2-7,10,12-17H2,1H3,(H,19,20). The molecule has 0 aromatic carbocycles. The second-order valence-electron chi connectivity index (χ2n) is 5.38. The van der Waals surface area contributed by atoms with Gasteiger partial charge in [0.2, 0.25) is 0 Å². The van der Waals surface area contributed by atoms with E-state index in [1.54, 1.807) is 6.08 Å². The monoisotopic (exact) mass is 296 g/mol. The first-order chi connectivity index (χ1) is 10.3. The molecule has 0 heterocycles. The van der Waals surface area contributed by atoms with Gasteiger partial charge in [0.25, 0.3) is 0 Å². The second-order valence-corrected chi connectivity index (χ2v) is 5.38. The molecule has 0 atom stereocenters. The molecule has 0 aliphatic heterocycles. The Bertz CT molecular complexity index is 291. The Labute approximate surface area is 130 Å². The topological polar surface area (TPSA) is 46.5 Å². The molecule has 0 amide bonds. The molecule has 0 radical (unpaired) electrons. The molecule has 0 spiro atoms. The molecule has 1 N–H and O–H groups in total. The van der Waals surface area contributed by atoms with Gasteiger partial charge < -0.3 is 9.84 Å². The van der Waals surface area contributed by atoms with Crippen molar-refractivity contribution in [2.45, 2.75) is 77.6 Å². The number of carboxylic acid groups (broad SMARTS) is 1. The van der Waals surface area contributed by atoms with Gasteiger partial charge in [-0.1, -0.05) is 51.9 Å². The Hall–Kier alpha value is -1.05. The maximum absolute atomic E-state index is 10.3. The van der Waals surface area contributed by atoms with Gasteiger partial charge in [-0.15, -0.1) is 5.73 Å². The van der Waals surface area contributed by atoms with E-state index in [0.717, 1.165) is 26.1 Å². The molecule has 0 aliphatic rings. The summed E-state index contributed by atoms with van der Waals surface area (Å²) in [7, 11) is 0. The van der Waals surface area contributed by atoms with Crippen LogP contribution in [-0.2, 0) is 9.53 Å². The fraction of sp³-hybridized carbons (Fsp3) is 0.778. The first kappa shape index (κ1) is 19.9. The van der Waals surface area contributed by atoms with E-state index in [0.29, 0.717) is 6.42 Å². The quantitative estimate of drug-likeness (QED) is 0.337. The van der Waals surface area contributed by atoms with Crippen LogP contribution >= 0.6 is 0 Å². The molecule has 0 fully saturated rings. The lowest BCUT2D eigenvalue weighted by Gasteiger charge is -2.02. The average Bonchev–Trinajstić information content (AvgIpc) is 2.46. The summed E-state index contributed by atoms with van der Waals surface area (Å²) >= 11 is 0. The molecule has 0 bridgehead atoms. The van der Waals surface area contributed by atoms with E-state index in [1.165, 1.54) is 44.9 Å². The zero-order valence-corrected chi connectivity index (χ0v) is 13.6. The molecule has 0 aliphatic carbocycles. The van der Waals surface area contributed by atoms with Crippen molar-refractivity contribution >= 4 is 5.97 Å². The van der Waals surface area contributed by atoms with Gasteiger partial charge in [-0.2, -0.15) is 0 Å². The molecule has 0 saturated heterocycles. The Morgan fingerprint density at radius 3 is 2.24 bits per heavy atom. The zero-order chi connectivity index (χ0) is 15.6. The van der Waals surface area contributed by atoms with Crippen LogP contribution in [0.2, 0.25) is 0 Å². The Morgan fingerprint density at radius 2 is 1.57 bits per heavy atom. The number of hydrogen-bond donors (Lipinski definition) is 1. The molecule has 0 aromatic rings. The maximum atomic E-state index is 10.3. The molecule has 0 aromatic heterocycles. The molecular weight excluding hydrogens is 264 g/mol. The number of unbranched alkanes of at least 4 members (excludes halogenated alkanes) is 7. The van der Waals surface area contributed by atoms with Crippen LogP contribution in [0.25, 0.3) is 0 Å². The highest BCUT2D eigenvalue weighted by atomic mass is 16.5. The van der Waals surface area contributed by atoms with Gasteiger partial charge >= 0.3 is 5.97 Å². The van der Waals surface area contributed by atoms with E-state index < -0.39 is 5.97 Å². The summed E-state index contributed by atoms with van der Waals surface area (Å²) in [6.45, 7) is 3.83. The van der Waals surface area contributed by atoms with E-state index in [4.69, 9.17) is 9.84 Å². The van der Waals surface area contributed by atoms with Crippen LogP contribution in [0.1, 0.15) is 77.6 Å². The number of hydrogen-bond acceptors (Lipinski definition) is 2. The van der Waals surface area contributed by atoms with E-state index in [1.807, 2.05) is 6.08 Å². The molecule has 0 rings (SSSR count). The molecule has 122 valence electrons. The van der Waals surface area contributed by atoms with Crippen molar-refractivity contribution in [2.24, 2.45) is 0 Å². The predicted octanol–water partition coefficient (Wildman–Crippen LogP) is 5.11. The van der Waals surface area contributed by atoms with Crippen LogP contribution in [-0.4, -0.2) is 24.3 Å². The number of rotatable bonds is 15.